The van der Waals surface area contributed by atoms with E-state index in [0.717, 1.165) is 0 Å². The van der Waals surface area contributed by atoms with Crippen LogP contribution in [0.1, 0.15) is 6.42 Å². The van der Waals surface area contributed by atoms with Gasteiger partial charge in [-0.15, -0.1) is 0 Å². The van der Waals surface area contributed by atoms with Gasteiger partial charge in [-0.1, -0.05) is 34.8 Å². The van der Waals surface area contributed by atoms with E-state index in [1.165, 1.54) is 12.2 Å². The zero-order valence-corrected chi connectivity index (χ0v) is 8.81. The van der Waals surface area contributed by atoms with Crippen LogP contribution >= 0.6 is 46.4 Å². The summed E-state index contributed by atoms with van der Waals surface area (Å²) in [6, 6.07) is 0. The Bertz CT molecular complexity index is 277. The third kappa shape index (κ3) is 2.40. The highest BCUT2D eigenvalue weighted by atomic mass is 35.5. The fourth-order valence-electron chi connectivity index (χ4n) is 0.829. The van der Waals surface area contributed by atoms with Crippen LogP contribution in [-0.2, 0) is 4.79 Å². The van der Waals surface area contributed by atoms with Gasteiger partial charge in [-0.05, 0) is 23.8 Å². The summed E-state index contributed by atoms with van der Waals surface area (Å²) in [5, 5.41) is -0.303. The molecule has 0 aliphatic heterocycles. The number of allylic oxidation sites excluding steroid dienone is 4. The first-order valence-corrected chi connectivity index (χ1v) is 4.59. The summed E-state index contributed by atoms with van der Waals surface area (Å²) in [6.45, 7) is 0. The molecule has 0 heterocycles. The van der Waals surface area contributed by atoms with Crippen molar-refractivity contribution in [1.82, 2.24) is 0 Å². The molecule has 0 bridgehead atoms. The number of alkyl halides is 2. The van der Waals surface area contributed by atoms with Gasteiger partial charge in [0.15, 0.2) is 0 Å². The van der Waals surface area contributed by atoms with E-state index in [-0.39, 0.29) is 12.0 Å². The van der Waals surface area contributed by atoms with E-state index in [9.17, 15) is 4.79 Å². The van der Waals surface area contributed by atoms with Crippen molar-refractivity contribution in [3.05, 3.63) is 22.8 Å². The van der Waals surface area contributed by atoms with Crippen molar-refractivity contribution in [2.45, 2.75) is 10.8 Å². The molecular formula is C7H4Cl4O. The van der Waals surface area contributed by atoms with E-state index in [4.69, 9.17) is 46.4 Å². The molecule has 0 fully saturated rings. The maximum atomic E-state index is 10.7. The largest absolute Gasteiger partial charge is 0.276 e. The predicted molar refractivity (Wildman–Crippen MR) is 51.9 cm³/mol. The Kier molecular flexibility index (Phi) is 3.11. The first-order chi connectivity index (χ1) is 5.42. The molecule has 0 saturated heterocycles. The highest BCUT2D eigenvalue weighted by molar-refractivity contribution is 6.69. The molecule has 0 spiro atoms. The standard InChI is InChI=1S/C7H4Cl4O/c8-5-3-7(10,11)2-1-4(5)6(9)12/h1-2H,3H2. The smallest absolute Gasteiger partial charge is 0.253 e. The van der Waals surface area contributed by atoms with Gasteiger partial charge in [0.1, 0.15) is 4.33 Å². The summed E-state index contributed by atoms with van der Waals surface area (Å²) >= 11 is 22.4. The summed E-state index contributed by atoms with van der Waals surface area (Å²) in [7, 11) is 0. The summed E-state index contributed by atoms with van der Waals surface area (Å²) in [5.41, 5.74) is 0.259. The van der Waals surface area contributed by atoms with Crippen LogP contribution in [0, 0.1) is 0 Å². The van der Waals surface area contributed by atoms with Gasteiger partial charge in [0.2, 0.25) is 0 Å². The van der Waals surface area contributed by atoms with Gasteiger partial charge in [-0.2, -0.15) is 0 Å². The Morgan fingerprint density at radius 1 is 1.50 bits per heavy atom. The fraction of sp³-hybridized carbons (Fsp3) is 0.286. The van der Waals surface area contributed by atoms with Crippen molar-refractivity contribution >= 4 is 51.6 Å². The van der Waals surface area contributed by atoms with Crippen molar-refractivity contribution in [3.63, 3.8) is 0 Å². The Hall–Kier alpha value is 0.310. The van der Waals surface area contributed by atoms with Crippen molar-refractivity contribution in [1.29, 1.82) is 0 Å². The molecule has 1 aliphatic rings. The molecule has 0 aromatic carbocycles. The number of hydrogen-bond acceptors (Lipinski definition) is 1. The maximum absolute atomic E-state index is 10.7. The molecule has 0 N–H and O–H groups in total. The third-order valence-electron chi connectivity index (χ3n) is 1.39. The Morgan fingerprint density at radius 2 is 2.08 bits per heavy atom. The molecule has 0 aromatic rings. The number of carbonyl (C=O) groups is 1. The normalized spacial score (nSPS) is 21.3. The summed E-state index contributed by atoms with van der Waals surface area (Å²) in [4.78, 5) is 10.7. The van der Waals surface area contributed by atoms with Crippen LogP contribution < -0.4 is 0 Å². The van der Waals surface area contributed by atoms with Crippen LogP contribution in [0.15, 0.2) is 22.8 Å². The minimum Gasteiger partial charge on any atom is -0.276 e. The van der Waals surface area contributed by atoms with Crippen molar-refractivity contribution < 1.29 is 4.79 Å². The topological polar surface area (TPSA) is 17.1 Å². The molecule has 12 heavy (non-hydrogen) atoms. The molecule has 0 unspecified atom stereocenters. The summed E-state index contributed by atoms with van der Waals surface area (Å²) in [6.07, 6.45) is 3.13. The lowest BCUT2D eigenvalue weighted by atomic mass is 10.1. The van der Waals surface area contributed by atoms with E-state index in [0.29, 0.717) is 5.03 Å². The van der Waals surface area contributed by atoms with Gasteiger partial charge in [-0.3, -0.25) is 4.79 Å². The lowest BCUT2D eigenvalue weighted by Gasteiger charge is -2.19. The van der Waals surface area contributed by atoms with Gasteiger partial charge in [0.05, 0.1) is 0 Å². The third-order valence-corrected chi connectivity index (χ3v) is 2.45. The van der Waals surface area contributed by atoms with Gasteiger partial charge < -0.3 is 0 Å². The van der Waals surface area contributed by atoms with Gasteiger partial charge in [0, 0.05) is 17.0 Å². The second-order valence-electron chi connectivity index (χ2n) is 2.36. The van der Waals surface area contributed by atoms with Crippen LogP contribution in [0.2, 0.25) is 0 Å². The average molecular weight is 246 g/mol. The number of rotatable bonds is 1. The number of hydrogen-bond donors (Lipinski definition) is 0. The maximum Gasteiger partial charge on any atom is 0.253 e. The predicted octanol–water partition coefficient (Wildman–Crippen LogP) is 3.38. The Balaban J connectivity index is 2.95. The van der Waals surface area contributed by atoms with E-state index >= 15 is 0 Å². The zero-order chi connectivity index (χ0) is 9.35. The second kappa shape index (κ2) is 3.59. The van der Waals surface area contributed by atoms with Crippen LogP contribution in [0.25, 0.3) is 0 Å². The van der Waals surface area contributed by atoms with Crippen LogP contribution in [0.5, 0.6) is 0 Å². The molecule has 0 amide bonds. The first-order valence-electron chi connectivity index (χ1n) is 3.08. The first kappa shape index (κ1) is 10.4. The molecule has 5 heteroatoms. The van der Waals surface area contributed by atoms with Crippen molar-refractivity contribution in [3.8, 4) is 0 Å². The summed E-state index contributed by atoms with van der Waals surface area (Å²) in [5.74, 6) is 0. The van der Waals surface area contributed by atoms with Gasteiger partial charge in [-0.25, -0.2) is 0 Å². The minimum atomic E-state index is -1.02. The van der Waals surface area contributed by atoms with Crippen LogP contribution in [0.3, 0.4) is 0 Å². The van der Waals surface area contributed by atoms with Gasteiger partial charge >= 0.3 is 0 Å². The molecule has 1 nitrogen and oxygen atoms in total. The Morgan fingerprint density at radius 3 is 2.50 bits per heavy atom. The van der Waals surface area contributed by atoms with E-state index < -0.39 is 9.58 Å². The molecule has 0 atom stereocenters. The molecule has 1 rings (SSSR count). The monoisotopic (exact) mass is 244 g/mol. The molecule has 0 aromatic heterocycles. The molecular weight excluding hydrogens is 242 g/mol. The van der Waals surface area contributed by atoms with Crippen LogP contribution in [-0.4, -0.2) is 9.58 Å². The Labute approximate surface area is 89.9 Å². The lowest BCUT2D eigenvalue weighted by Crippen LogP contribution is -2.14. The fourth-order valence-corrected chi connectivity index (χ4v) is 1.94. The average Bonchev–Trinajstić information content (AvgIpc) is 1.83. The lowest BCUT2D eigenvalue weighted by molar-refractivity contribution is -0.108. The highest BCUT2D eigenvalue weighted by Crippen LogP contribution is 2.37. The number of carbonyl (C=O) groups excluding carboxylic acids is 1. The van der Waals surface area contributed by atoms with E-state index in [2.05, 4.69) is 0 Å². The minimum absolute atomic E-state index is 0.210. The van der Waals surface area contributed by atoms with Crippen LogP contribution in [0.4, 0.5) is 0 Å². The van der Waals surface area contributed by atoms with Gasteiger partial charge in [0.25, 0.3) is 5.24 Å². The second-order valence-corrected chi connectivity index (χ2v) is 4.71. The van der Waals surface area contributed by atoms with Crippen molar-refractivity contribution in [2.75, 3.05) is 0 Å². The summed E-state index contributed by atoms with van der Waals surface area (Å²) < 4.78 is -1.02. The number of halogens is 4. The molecule has 1 aliphatic carbocycles. The van der Waals surface area contributed by atoms with E-state index in [1.807, 2.05) is 0 Å². The van der Waals surface area contributed by atoms with E-state index in [1.54, 1.807) is 0 Å². The zero-order valence-electron chi connectivity index (χ0n) is 5.78. The molecule has 0 saturated carbocycles. The van der Waals surface area contributed by atoms with Crippen molar-refractivity contribution in [2.24, 2.45) is 0 Å². The quantitative estimate of drug-likeness (QED) is 0.512. The molecule has 66 valence electrons. The molecule has 0 radical (unpaired) electrons. The highest BCUT2D eigenvalue weighted by Gasteiger charge is 2.27. The SMILES string of the molecule is O=C(Cl)C1=C(Cl)CC(Cl)(Cl)C=C1.